The Morgan fingerprint density at radius 2 is 1.41 bits per heavy atom. The molecule has 1 rings (SSSR count). The number of benzene rings is 1. The lowest BCUT2D eigenvalue weighted by Gasteiger charge is -2.15. The van der Waals surface area contributed by atoms with Gasteiger partial charge in [0.25, 0.3) is 5.91 Å². The van der Waals surface area contributed by atoms with E-state index in [9.17, 15) is 35.9 Å². The van der Waals surface area contributed by atoms with Crippen molar-refractivity contribution in [2.45, 2.75) is 25.3 Å². The van der Waals surface area contributed by atoms with Crippen molar-refractivity contribution < 1.29 is 35.9 Å². The third kappa shape index (κ3) is 4.37. The standard InChI is InChI=1S/C12H10F6N2O2/c1-5(9(19)21)20-10(22)6-2-7(11(13,14)15)4-8(3-6)12(16,17)18/h2-5H,1H3,(H2,19,21)(H,20,22). The van der Waals surface area contributed by atoms with Crippen LogP contribution in [-0.4, -0.2) is 17.9 Å². The van der Waals surface area contributed by atoms with Crippen LogP contribution in [0.4, 0.5) is 26.3 Å². The molecule has 122 valence electrons. The van der Waals surface area contributed by atoms with Gasteiger partial charge in [0.2, 0.25) is 5.91 Å². The summed E-state index contributed by atoms with van der Waals surface area (Å²) in [4.78, 5) is 22.4. The number of nitrogens with one attached hydrogen (secondary N) is 1. The average molecular weight is 328 g/mol. The summed E-state index contributed by atoms with van der Waals surface area (Å²) in [5.74, 6) is -2.26. The summed E-state index contributed by atoms with van der Waals surface area (Å²) >= 11 is 0. The Labute approximate surface area is 120 Å². The van der Waals surface area contributed by atoms with Crippen molar-refractivity contribution in [3.63, 3.8) is 0 Å². The quantitative estimate of drug-likeness (QED) is 0.836. The number of carbonyl (C=O) groups excluding carboxylic acids is 2. The molecule has 0 radical (unpaired) electrons. The number of alkyl halides is 6. The molecule has 0 bridgehead atoms. The van der Waals surface area contributed by atoms with E-state index in [2.05, 4.69) is 0 Å². The first-order valence-electron chi connectivity index (χ1n) is 5.72. The Morgan fingerprint density at radius 3 is 1.73 bits per heavy atom. The van der Waals surface area contributed by atoms with Crippen molar-refractivity contribution in [2.24, 2.45) is 5.73 Å². The zero-order chi connectivity index (χ0) is 17.3. The van der Waals surface area contributed by atoms with Gasteiger partial charge >= 0.3 is 12.4 Å². The van der Waals surface area contributed by atoms with Gasteiger partial charge in [0.15, 0.2) is 0 Å². The van der Waals surface area contributed by atoms with Crippen molar-refractivity contribution in [1.82, 2.24) is 5.32 Å². The molecule has 0 saturated carbocycles. The molecular formula is C12H10F6N2O2. The van der Waals surface area contributed by atoms with Gasteiger partial charge in [-0.15, -0.1) is 0 Å². The molecule has 0 aliphatic heterocycles. The minimum Gasteiger partial charge on any atom is -0.368 e. The molecule has 0 heterocycles. The second-order valence-corrected chi connectivity index (χ2v) is 4.39. The second-order valence-electron chi connectivity index (χ2n) is 4.39. The lowest BCUT2D eigenvalue weighted by molar-refractivity contribution is -0.143. The fraction of sp³-hybridized carbons (Fsp3) is 0.333. The summed E-state index contributed by atoms with van der Waals surface area (Å²) < 4.78 is 75.7. The van der Waals surface area contributed by atoms with E-state index in [1.807, 2.05) is 5.32 Å². The summed E-state index contributed by atoms with van der Waals surface area (Å²) in [5, 5.41) is 1.90. The first kappa shape index (κ1) is 17.8. The number of primary amides is 1. The summed E-state index contributed by atoms with van der Waals surface area (Å²) in [7, 11) is 0. The van der Waals surface area contributed by atoms with Crippen LogP contribution < -0.4 is 11.1 Å². The fourth-order valence-electron chi connectivity index (χ4n) is 1.44. The minimum absolute atomic E-state index is 0.103. The smallest absolute Gasteiger partial charge is 0.368 e. The van der Waals surface area contributed by atoms with E-state index in [-0.39, 0.29) is 18.2 Å². The zero-order valence-corrected chi connectivity index (χ0v) is 11.0. The van der Waals surface area contributed by atoms with Crippen LogP contribution in [0.3, 0.4) is 0 Å². The molecule has 3 N–H and O–H groups in total. The SMILES string of the molecule is CC(NC(=O)c1cc(C(F)(F)F)cc(C(F)(F)F)c1)C(N)=O. The van der Waals surface area contributed by atoms with Gasteiger partial charge in [-0.1, -0.05) is 0 Å². The van der Waals surface area contributed by atoms with E-state index in [4.69, 9.17) is 5.73 Å². The third-order valence-electron chi connectivity index (χ3n) is 2.62. The van der Waals surface area contributed by atoms with Crippen LogP contribution >= 0.6 is 0 Å². The number of amides is 2. The van der Waals surface area contributed by atoms with Gasteiger partial charge < -0.3 is 11.1 Å². The van der Waals surface area contributed by atoms with Crippen molar-refractivity contribution in [3.05, 3.63) is 34.9 Å². The zero-order valence-electron chi connectivity index (χ0n) is 11.0. The highest BCUT2D eigenvalue weighted by Crippen LogP contribution is 2.36. The van der Waals surface area contributed by atoms with Crippen molar-refractivity contribution in [2.75, 3.05) is 0 Å². The van der Waals surface area contributed by atoms with Crippen LogP contribution in [0.2, 0.25) is 0 Å². The molecule has 0 spiro atoms. The van der Waals surface area contributed by atoms with E-state index >= 15 is 0 Å². The largest absolute Gasteiger partial charge is 0.416 e. The van der Waals surface area contributed by atoms with Crippen LogP contribution in [0.5, 0.6) is 0 Å². The summed E-state index contributed by atoms with van der Waals surface area (Å²) in [6.45, 7) is 1.14. The van der Waals surface area contributed by atoms with Gasteiger partial charge in [0, 0.05) is 5.56 Å². The molecule has 0 aliphatic carbocycles. The predicted octanol–water partition coefficient (Wildman–Crippen LogP) is 2.33. The first-order chi connectivity index (χ1) is 9.82. The molecule has 1 atom stereocenters. The number of nitrogens with two attached hydrogens (primary N) is 1. The van der Waals surface area contributed by atoms with E-state index < -0.39 is 46.9 Å². The summed E-state index contributed by atoms with van der Waals surface area (Å²) in [5.41, 5.74) is 0.716. The van der Waals surface area contributed by atoms with Crippen molar-refractivity contribution in [1.29, 1.82) is 0 Å². The van der Waals surface area contributed by atoms with Crippen LogP contribution in [0.1, 0.15) is 28.4 Å². The Balaban J connectivity index is 3.30. The molecule has 1 unspecified atom stereocenters. The van der Waals surface area contributed by atoms with E-state index in [1.54, 1.807) is 0 Å². The van der Waals surface area contributed by atoms with Gasteiger partial charge in [-0.05, 0) is 25.1 Å². The molecule has 2 amide bonds. The van der Waals surface area contributed by atoms with Crippen LogP contribution in [0, 0.1) is 0 Å². The Hall–Kier alpha value is -2.26. The highest BCUT2D eigenvalue weighted by Gasteiger charge is 2.37. The highest BCUT2D eigenvalue weighted by molar-refractivity contribution is 5.97. The Kier molecular flexibility index (Phi) is 4.73. The number of rotatable bonds is 3. The minimum atomic E-state index is -5.06. The Bertz CT molecular complexity index is 562. The lowest BCUT2D eigenvalue weighted by Crippen LogP contribution is -2.42. The first-order valence-corrected chi connectivity index (χ1v) is 5.72. The van der Waals surface area contributed by atoms with Crippen LogP contribution in [-0.2, 0) is 17.1 Å². The second kappa shape index (κ2) is 5.85. The van der Waals surface area contributed by atoms with E-state index in [0.717, 1.165) is 6.92 Å². The monoisotopic (exact) mass is 328 g/mol. The van der Waals surface area contributed by atoms with Crippen molar-refractivity contribution >= 4 is 11.8 Å². The summed E-state index contributed by atoms with van der Waals surface area (Å²) in [6.07, 6.45) is -10.1. The molecule has 0 aromatic heterocycles. The molecule has 0 aliphatic rings. The third-order valence-corrected chi connectivity index (χ3v) is 2.62. The maximum Gasteiger partial charge on any atom is 0.416 e. The average Bonchev–Trinajstić information content (AvgIpc) is 2.35. The maximum atomic E-state index is 12.6. The van der Waals surface area contributed by atoms with Gasteiger partial charge in [0.1, 0.15) is 6.04 Å². The molecule has 0 saturated heterocycles. The van der Waals surface area contributed by atoms with E-state index in [1.165, 1.54) is 0 Å². The molecule has 22 heavy (non-hydrogen) atoms. The predicted molar refractivity (Wildman–Crippen MR) is 62.6 cm³/mol. The normalized spacial score (nSPS) is 13.6. The summed E-state index contributed by atoms with van der Waals surface area (Å²) in [6, 6.07) is -0.832. The molecule has 0 fully saturated rings. The number of carbonyl (C=O) groups is 2. The number of hydrogen-bond acceptors (Lipinski definition) is 2. The molecule has 10 heteroatoms. The Morgan fingerprint density at radius 1 is 1.00 bits per heavy atom. The molecule has 4 nitrogen and oxygen atoms in total. The molecule has 1 aromatic carbocycles. The topological polar surface area (TPSA) is 72.2 Å². The molecule has 1 aromatic rings. The van der Waals surface area contributed by atoms with Gasteiger partial charge in [-0.25, -0.2) is 0 Å². The molecular weight excluding hydrogens is 318 g/mol. The maximum absolute atomic E-state index is 12.6. The lowest BCUT2D eigenvalue weighted by atomic mass is 10.0. The highest BCUT2D eigenvalue weighted by atomic mass is 19.4. The van der Waals surface area contributed by atoms with Crippen LogP contribution in [0.15, 0.2) is 18.2 Å². The number of halogens is 6. The van der Waals surface area contributed by atoms with E-state index in [0.29, 0.717) is 0 Å². The van der Waals surface area contributed by atoms with Gasteiger partial charge in [0.05, 0.1) is 11.1 Å². The van der Waals surface area contributed by atoms with Crippen molar-refractivity contribution in [3.8, 4) is 0 Å². The number of hydrogen-bond donors (Lipinski definition) is 2. The van der Waals surface area contributed by atoms with Gasteiger partial charge in [-0.3, -0.25) is 9.59 Å². The van der Waals surface area contributed by atoms with Crippen LogP contribution in [0.25, 0.3) is 0 Å². The fourth-order valence-corrected chi connectivity index (χ4v) is 1.44. The van der Waals surface area contributed by atoms with Gasteiger partial charge in [-0.2, -0.15) is 26.3 Å².